The predicted molar refractivity (Wildman–Crippen MR) is 143 cm³/mol. The fraction of sp³-hybridized carbons (Fsp3) is 0.520. The van der Waals surface area contributed by atoms with E-state index in [-0.39, 0.29) is 11.0 Å². The van der Waals surface area contributed by atoms with E-state index in [2.05, 4.69) is 27.2 Å². The first-order chi connectivity index (χ1) is 16.8. The Morgan fingerprint density at radius 2 is 1.92 bits per heavy atom. The molecule has 3 heterocycles. The highest BCUT2D eigenvalue weighted by molar-refractivity contribution is 7.99. The van der Waals surface area contributed by atoms with Gasteiger partial charge in [-0.05, 0) is 51.2 Å². The number of aromatic nitrogens is 4. The Morgan fingerprint density at radius 3 is 2.58 bits per heavy atom. The number of ether oxygens (including phenoxy) is 1. The molecule has 1 aliphatic heterocycles. The molecule has 11 heteroatoms. The SMILES string of the molecule is Cn1cc2c(Cl)c(Sc3cnc(N4CCC(C)(CNC(=O)OC(C)(C)C)CC4)n(C)c3=O)ccc2n1. The lowest BCUT2D eigenvalue weighted by molar-refractivity contribution is 0.0495. The molecule has 0 atom stereocenters. The molecule has 1 aliphatic rings. The van der Waals surface area contributed by atoms with Gasteiger partial charge < -0.3 is 15.0 Å². The molecule has 1 saturated heterocycles. The van der Waals surface area contributed by atoms with Gasteiger partial charge in [-0.1, -0.05) is 30.3 Å². The van der Waals surface area contributed by atoms with Gasteiger partial charge in [-0.25, -0.2) is 9.78 Å². The summed E-state index contributed by atoms with van der Waals surface area (Å²) in [4.78, 5) is 33.3. The maximum absolute atomic E-state index is 13.2. The quantitative estimate of drug-likeness (QED) is 0.513. The number of halogens is 1. The molecule has 36 heavy (non-hydrogen) atoms. The molecule has 0 aliphatic carbocycles. The number of carbonyl (C=O) groups excluding carboxylic acids is 1. The van der Waals surface area contributed by atoms with Crippen molar-refractivity contribution in [1.82, 2.24) is 24.6 Å². The minimum absolute atomic E-state index is 0.0518. The first kappa shape index (κ1) is 26.3. The summed E-state index contributed by atoms with van der Waals surface area (Å²) < 4.78 is 8.67. The van der Waals surface area contributed by atoms with Crippen molar-refractivity contribution in [1.29, 1.82) is 0 Å². The molecule has 194 valence electrons. The van der Waals surface area contributed by atoms with E-state index in [1.54, 1.807) is 22.5 Å². The third-order valence-corrected chi connectivity index (χ3v) is 7.93. The summed E-state index contributed by atoms with van der Waals surface area (Å²) in [5.41, 5.74) is 0.120. The van der Waals surface area contributed by atoms with Gasteiger partial charge >= 0.3 is 6.09 Å². The molecule has 0 bridgehead atoms. The minimum Gasteiger partial charge on any atom is -0.444 e. The summed E-state index contributed by atoms with van der Waals surface area (Å²) in [6, 6.07) is 3.78. The Balaban J connectivity index is 1.42. The van der Waals surface area contributed by atoms with Crippen LogP contribution in [-0.2, 0) is 18.8 Å². The number of aryl methyl sites for hydroxylation is 1. The molecule has 1 fully saturated rings. The number of hydrogen-bond donors (Lipinski definition) is 1. The van der Waals surface area contributed by atoms with E-state index in [0.29, 0.717) is 22.4 Å². The van der Waals surface area contributed by atoms with E-state index in [0.717, 1.165) is 41.7 Å². The largest absolute Gasteiger partial charge is 0.444 e. The maximum Gasteiger partial charge on any atom is 0.407 e. The topological polar surface area (TPSA) is 94.3 Å². The Kier molecular flexibility index (Phi) is 7.30. The molecule has 1 amide bonds. The fourth-order valence-electron chi connectivity index (χ4n) is 4.26. The minimum atomic E-state index is -0.522. The third-order valence-electron chi connectivity index (χ3n) is 6.35. The second-order valence-electron chi connectivity index (χ2n) is 10.7. The monoisotopic (exact) mass is 532 g/mol. The van der Waals surface area contributed by atoms with Crippen LogP contribution in [0.1, 0.15) is 40.5 Å². The van der Waals surface area contributed by atoms with Crippen LogP contribution in [0.25, 0.3) is 10.9 Å². The first-order valence-corrected chi connectivity index (χ1v) is 13.1. The number of nitrogens with zero attached hydrogens (tertiary/aromatic N) is 5. The van der Waals surface area contributed by atoms with Crippen molar-refractivity contribution >= 4 is 46.3 Å². The van der Waals surface area contributed by atoms with Crippen molar-refractivity contribution in [3.63, 3.8) is 0 Å². The molecular formula is C25H33ClN6O3S. The number of benzene rings is 1. The number of fused-ring (bicyclic) bond motifs is 1. The molecule has 1 N–H and O–H groups in total. The van der Waals surface area contributed by atoms with Gasteiger partial charge in [0.1, 0.15) is 5.60 Å². The number of amides is 1. The van der Waals surface area contributed by atoms with Crippen molar-refractivity contribution in [2.45, 2.75) is 55.9 Å². The van der Waals surface area contributed by atoms with Crippen molar-refractivity contribution < 1.29 is 9.53 Å². The van der Waals surface area contributed by atoms with E-state index < -0.39 is 11.7 Å². The normalized spacial score (nSPS) is 15.8. The van der Waals surface area contributed by atoms with Crippen LogP contribution in [0.3, 0.4) is 0 Å². The number of carbonyl (C=O) groups is 1. The van der Waals surface area contributed by atoms with Crippen LogP contribution in [-0.4, -0.2) is 50.7 Å². The van der Waals surface area contributed by atoms with E-state index in [9.17, 15) is 9.59 Å². The number of hydrogen-bond acceptors (Lipinski definition) is 7. The first-order valence-electron chi connectivity index (χ1n) is 11.9. The Hall–Kier alpha value is -2.72. The lowest BCUT2D eigenvalue weighted by Gasteiger charge is -2.40. The van der Waals surface area contributed by atoms with Gasteiger partial charge in [0.25, 0.3) is 5.56 Å². The average Bonchev–Trinajstić information content (AvgIpc) is 3.18. The van der Waals surface area contributed by atoms with Crippen LogP contribution < -0.4 is 15.8 Å². The van der Waals surface area contributed by atoms with Crippen LogP contribution >= 0.6 is 23.4 Å². The second kappa shape index (κ2) is 9.97. The number of rotatable bonds is 5. The highest BCUT2D eigenvalue weighted by atomic mass is 35.5. The van der Waals surface area contributed by atoms with Crippen LogP contribution in [0.2, 0.25) is 5.02 Å². The zero-order chi connectivity index (χ0) is 26.3. The van der Waals surface area contributed by atoms with E-state index in [1.165, 1.54) is 11.8 Å². The van der Waals surface area contributed by atoms with Gasteiger partial charge in [0.15, 0.2) is 0 Å². The van der Waals surface area contributed by atoms with Gasteiger partial charge in [-0.2, -0.15) is 5.10 Å². The zero-order valence-corrected chi connectivity index (χ0v) is 23.2. The van der Waals surface area contributed by atoms with Gasteiger partial charge in [-0.15, -0.1) is 0 Å². The summed E-state index contributed by atoms with van der Waals surface area (Å²) >= 11 is 7.92. The number of anilines is 1. The second-order valence-corrected chi connectivity index (χ2v) is 12.1. The molecule has 3 aromatic rings. The average molecular weight is 533 g/mol. The van der Waals surface area contributed by atoms with E-state index in [4.69, 9.17) is 16.3 Å². The maximum atomic E-state index is 13.2. The van der Waals surface area contributed by atoms with Crippen LogP contribution in [0.5, 0.6) is 0 Å². The summed E-state index contributed by atoms with van der Waals surface area (Å²) in [7, 11) is 3.60. The Bertz CT molecular complexity index is 1340. The smallest absolute Gasteiger partial charge is 0.407 e. The molecule has 0 spiro atoms. The molecule has 2 aromatic heterocycles. The van der Waals surface area contributed by atoms with Gasteiger partial charge in [0.2, 0.25) is 5.95 Å². The highest BCUT2D eigenvalue weighted by Crippen LogP contribution is 2.37. The predicted octanol–water partition coefficient (Wildman–Crippen LogP) is 4.60. The summed E-state index contributed by atoms with van der Waals surface area (Å²) in [6.07, 6.45) is 4.82. The summed E-state index contributed by atoms with van der Waals surface area (Å²) in [6.45, 7) is 9.73. The Morgan fingerprint density at radius 1 is 1.22 bits per heavy atom. The van der Waals surface area contributed by atoms with Crippen molar-refractivity contribution in [2.75, 3.05) is 24.5 Å². The highest BCUT2D eigenvalue weighted by Gasteiger charge is 2.32. The molecule has 0 radical (unpaired) electrons. The summed E-state index contributed by atoms with van der Waals surface area (Å²) in [5, 5.41) is 8.70. The molecule has 4 rings (SSSR count). The molecule has 0 unspecified atom stereocenters. The van der Waals surface area contributed by atoms with Crippen LogP contribution in [0, 0.1) is 5.41 Å². The number of nitrogens with one attached hydrogen (secondary N) is 1. The van der Waals surface area contributed by atoms with E-state index in [1.807, 2.05) is 46.1 Å². The van der Waals surface area contributed by atoms with Gasteiger partial charge in [-0.3, -0.25) is 14.0 Å². The fourth-order valence-corrected chi connectivity index (χ4v) is 5.48. The standard InChI is InChI=1S/C25H33ClN6O3S/c1-24(2,3)35-23(34)28-15-25(4)9-11-32(12-10-25)22-27-13-19(21(33)31(22)6)36-18-8-7-17-16(20(18)26)14-30(5)29-17/h7-8,13-14H,9-12,15H2,1-6H3,(H,28,34). The number of alkyl carbamates (subject to hydrolysis) is 1. The van der Waals surface area contributed by atoms with Crippen LogP contribution in [0.15, 0.2) is 39.1 Å². The Labute approximate surface area is 220 Å². The molecular weight excluding hydrogens is 500 g/mol. The van der Waals surface area contributed by atoms with E-state index >= 15 is 0 Å². The van der Waals surface area contributed by atoms with Gasteiger partial charge in [0.05, 0.1) is 21.6 Å². The lowest BCUT2D eigenvalue weighted by Crippen LogP contribution is -2.47. The molecule has 9 nitrogen and oxygen atoms in total. The van der Waals surface area contributed by atoms with Crippen molar-refractivity contribution in [3.8, 4) is 0 Å². The molecule has 0 saturated carbocycles. The van der Waals surface area contributed by atoms with Crippen molar-refractivity contribution in [2.24, 2.45) is 19.5 Å². The lowest BCUT2D eigenvalue weighted by atomic mass is 9.80. The zero-order valence-electron chi connectivity index (χ0n) is 21.6. The molecule has 1 aromatic carbocycles. The van der Waals surface area contributed by atoms with Gasteiger partial charge in [0, 0.05) is 50.2 Å². The van der Waals surface area contributed by atoms with Crippen molar-refractivity contribution in [3.05, 3.63) is 39.9 Å². The third kappa shape index (κ3) is 5.81. The summed E-state index contributed by atoms with van der Waals surface area (Å²) in [5.74, 6) is 0.639. The van der Waals surface area contributed by atoms with Crippen LogP contribution in [0.4, 0.5) is 10.7 Å². The number of piperidine rings is 1.